The average molecular weight is 272 g/mol. The molecule has 0 bridgehead atoms. The minimum Gasteiger partial charge on any atom is -0.462 e. The summed E-state index contributed by atoms with van der Waals surface area (Å²) in [5, 5.41) is 0. The van der Waals surface area contributed by atoms with Crippen molar-refractivity contribution in [3.8, 4) is 6.01 Å². The van der Waals surface area contributed by atoms with Crippen LogP contribution < -0.4 is 10.5 Å². The van der Waals surface area contributed by atoms with E-state index in [1.54, 1.807) is 12.4 Å². The van der Waals surface area contributed by atoms with Crippen LogP contribution in [-0.2, 0) is 0 Å². The standard InChI is InChI=1S/C10H14BrN3O/c11-8-5-13-9(14-6-8)15-7-10(12)3-1-2-4-10/h5-6H,1-4,7,12H2. The molecule has 0 amide bonds. The van der Waals surface area contributed by atoms with E-state index < -0.39 is 0 Å². The number of hydrogen-bond donors (Lipinski definition) is 1. The Morgan fingerprint density at radius 3 is 2.53 bits per heavy atom. The lowest BCUT2D eigenvalue weighted by molar-refractivity contribution is 0.205. The van der Waals surface area contributed by atoms with Crippen molar-refractivity contribution in [3.63, 3.8) is 0 Å². The lowest BCUT2D eigenvalue weighted by atomic mass is 10.0. The van der Waals surface area contributed by atoms with Crippen LogP contribution in [0.25, 0.3) is 0 Å². The van der Waals surface area contributed by atoms with E-state index in [0.29, 0.717) is 12.6 Å². The highest BCUT2D eigenvalue weighted by Crippen LogP contribution is 2.27. The van der Waals surface area contributed by atoms with Gasteiger partial charge in [0.25, 0.3) is 0 Å². The van der Waals surface area contributed by atoms with E-state index in [4.69, 9.17) is 10.5 Å². The van der Waals surface area contributed by atoms with Gasteiger partial charge in [-0.2, -0.15) is 0 Å². The number of aromatic nitrogens is 2. The first-order valence-electron chi connectivity index (χ1n) is 5.07. The molecule has 1 aliphatic carbocycles. The quantitative estimate of drug-likeness (QED) is 0.912. The van der Waals surface area contributed by atoms with E-state index in [2.05, 4.69) is 25.9 Å². The van der Waals surface area contributed by atoms with Crippen LogP contribution in [0.5, 0.6) is 6.01 Å². The molecule has 2 N–H and O–H groups in total. The topological polar surface area (TPSA) is 61.0 Å². The number of ether oxygens (including phenoxy) is 1. The summed E-state index contributed by atoms with van der Waals surface area (Å²) in [4.78, 5) is 8.07. The molecule has 15 heavy (non-hydrogen) atoms. The molecular formula is C10H14BrN3O. The molecule has 1 saturated carbocycles. The summed E-state index contributed by atoms with van der Waals surface area (Å²) in [5.74, 6) is 0. The molecule has 0 aliphatic heterocycles. The van der Waals surface area contributed by atoms with Gasteiger partial charge in [-0.05, 0) is 28.8 Å². The molecule has 1 aromatic heterocycles. The van der Waals surface area contributed by atoms with Gasteiger partial charge in [0.05, 0.1) is 10.0 Å². The molecule has 0 aromatic carbocycles. The molecule has 0 saturated heterocycles. The van der Waals surface area contributed by atoms with Crippen molar-refractivity contribution in [2.75, 3.05) is 6.61 Å². The van der Waals surface area contributed by atoms with Gasteiger partial charge >= 0.3 is 6.01 Å². The van der Waals surface area contributed by atoms with Gasteiger partial charge in [0.2, 0.25) is 0 Å². The van der Waals surface area contributed by atoms with Gasteiger partial charge < -0.3 is 10.5 Å². The van der Waals surface area contributed by atoms with Gasteiger partial charge in [-0.1, -0.05) is 12.8 Å². The Labute approximate surface area is 97.4 Å². The fourth-order valence-electron chi connectivity index (χ4n) is 1.81. The fraction of sp³-hybridized carbons (Fsp3) is 0.600. The summed E-state index contributed by atoms with van der Waals surface area (Å²) in [6.45, 7) is 0.509. The molecule has 0 spiro atoms. The van der Waals surface area contributed by atoms with Crippen LogP contribution in [-0.4, -0.2) is 22.1 Å². The zero-order valence-corrected chi connectivity index (χ0v) is 10.0. The number of nitrogens with zero attached hydrogens (tertiary/aromatic N) is 2. The first kappa shape index (κ1) is 10.8. The molecule has 4 nitrogen and oxygen atoms in total. The fourth-order valence-corrected chi connectivity index (χ4v) is 2.01. The van der Waals surface area contributed by atoms with Crippen molar-refractivity contribution >= 4 is 15.9 Å². The molecule has 2 rings (SSSR count). The number of halogens is 1. The van der Waals surface area contributed by atoms with E-state index in [1.165, 1.54) is 12.8 Å². The van der Waals surface area contributed by atoms with Crippen molar-refractivity contribution in [1.82, 2.24) is 9.97 Å². The van der Waals surface area contributed by atoms with Gasteiger partial charge in [-0.25, -0.2) is 9.97 Å². The third kappa shape index (κ3) is 2.89. The van der Waals surface area contributed by atoms with Gasteiger partial charge in [-0.15, -0.1) is 0 Å². The normalized spacial score (nSPS) is 19.1. The maximum absolute atomic E-state index is 6.15. The molecule has 0 unspecified atom stereocenters. The van der Waals surface area contributed by atoms with Crippen LogP contribution in [0.4, 0.5) is 0 Å². The Balaban J connectivity index is 1.90. The van der Waals surface area contributed by atoms with Gasteiger partial charge in [-0.3, -0.25) is 0 Å². The highest BCUT2D eigenvalue weighted by atomic mass is 79.9. The van der Waals surface area contributed by atoms with E-state index >= 15 is 0 Å². The third-order valence-corrected chi connectivity index (χ3v) is 3.09. The van der Waals surface area contributed by atoms with Crippen molar-refractivity contribution in [1.29, 1.82) is 0 Å². The molecular weight excluding hydrogens is 258 g/mol. The molecule has 1 aliphatic rings. The highest BCUT2D eigenvalue weighted by molar-refractivity contribution is 9.10. The van der Waals surface area contributed by atoms with Crippen LogP contribution in [0.15, 0.2) is 16.9 Å². The largest absolute Gasteiger partial charge is 0.462 e. The molecule has 0 atom stereocenters. The SMILES string of the molecule is NC1(COc2ncc(Br)cn2)CCCC1. The van der Waals surface area contributed by atoms with E-state index in [0.717, 1.165) is 17.3 Å². The molecule has 1 heterocycles. The smallest absolute Gasteiger partial charge is 0.316 e. The maximum atomic E-state index is 6.15. The Bertz CT molecular complexity index is 322. The summed E-state index contributed by atoms with van der Waals surface area (Å²) in [6.07, 6.45) is 7.79. The maximum Gasteiger partial charge on any atom is 0.316 e. The van der Waals surface area contributed by atoms with Crippen molar-refractivity contribution < 1.29 is 4.74 Å². The van der Waals surface area contributed by atoms with E-state index in [1.807, 2.05) is 0 Å². The van der Waals surface area contributed by atoms with Crippen LogP contribution in [0, 0.1) is 0 Å². The van der Waals surface area contributed by atoms with Crippen molar-refractivity contribution in [3.05, 3.63) is 16.9 Å². The van der Waals surface area contributed by atoms with Crippen molar-refractivity contribution in [2.24, 2.45) is 5.73 Å². The second-order valence-electron chi connectivity index (χ2n) is 4.04. The summed E-state index contributed by atoms with van der Waals surface area (Å²) in [5.41, 5.74) is 5.98. The first-order valence-corrected chi connectivity index (χ1v) is 5.87. The highest BCUT2D eigenvalue weighted by Gasteiger charge is 2.30. The zero-order valence-electron chi connectivity index (χ0n) is 8.45. The first-order chi connectivity index (χ1) is 7.18. The summed E-state index contributed by atoms with van der Waals surface area (Å²) in [7, 11) is 0. The van der Waals surface area contributed by atoms with Crippen LogP contribution in [0.1, 0.15) is 25.7 Å². The second-order valence-corrected chi connectivity index (χ2v) is 4.96. The molecule has 1 aromatic rings. The Hall–Kier alpha value is -0.680. The molecule has 82 valence electrons. The van der Waals surface area contributed by atoms with Crippen LogP contribution in [0.3, 0.4) is 0 Å². The molecule has 5 heteroatoms. The minimum absolute atomic E-state index is 0.170. The number of hydrogen-bond acceptors (Lipinski definition) is 4. The van der Waals surface area contributed by atoms with Gasteiger partial charge in [0.15, 0.2) is 0 Å². The molecule has 0 radical (unpaired) electrons. The summed E-state index contributed by atoms with van der Waals surface area (Å²) < 4.78 is 6.33. The zero-order chi connectivity index (χ0) is 10.7. The number of nitrogens with two attached hydrogens (primary N) is 1. The second kappa shape index (κ2) is 4.45. The number of rotatable bonds is 3. The van der Waals surface area contributed by atoms with E-state index in [9.17, 15) is 0 Å². The lowest BCUT2D eigenvalue weighted by Crippen LogP contribution is -2.42. The predicted molar refractivity (Wildman–Crippen MR) is 60.6 cm³/mol. The lowest BCUT2D eigenvalue weighted by Gasteiger charge is -2.22. The van der Waals surface area contributed by atoms with Crippen LogP contribution >= 0.6 is 15.9 Å². The van der Waals surface area contributed by atoms with Gasteiger partial charge in [0.1, 0.15) is 6.61 Å². The van der Waals surface area contributed by atoms with E-state index in [-0.39, 0.29) is 5.54 Å². The Kier molecular flexibility index (Phi) is 3.21. The Morgan fingerprint density at radius 1 is 1.33 bits per heavy atom. The van der Waals surface area contributed by atoms with Crippen LogP contribution in [0.2, 0.25) is 0 Å². The monoisotopic (exact) mass is 271 g/mol. The predicted octanol–water partition coefficient (Wildman–Crippen LogP) is 1.89. The molecule has 1 fully saturated rings. The average Bonchev–Trinajstić information content (AvgIpc) is 2.65. The van der Waals surface area contributed by atoms with Crippen molar-refractivity contribution in [2.45, 2.75) is 31.2 Å². The summed E-state index contributed by atoms with van der Waals surface area (Å²) >= 11 is 3.27. The van der Waals surface area contributed by atoms with Gasteiger partial charge in [0, 0.05) is 12.4 Å². The minimum atomic E-state index is -0.170. The third-order valence-electron chi connectivity index (χ3n) is 2.68. The Morgan fingerprint density at radius 2 is 1.93 bits per heavy atom. The summed E-state index contributed by atoms with van der Waals surface area (Å²) in [6, 6.07) is 0.398.